The molecule has 160 valence electrons. The van der Waals surface area contributed by atoms with Crippen molar-refractivity contribution in [2.24, 2.45) is 52.1 Å². The van der Waals surface area contributed by atoms with Gasteiger partial charge in [-0.2, -0.15) is 0 Å². The van der Waals surface area contributed by atoms with Crippen LogP contribution in [0, 0.1) is 46.3 Å². The molecule has 1 nitrogen and oxygen atoms in total. The molecule has 28 heavy (non-hydrogen) atoms. The lowest BCUT2D eigenvalue weighted by Crippen LogP contribution is -2.54. The van der Waals surface area contributed by atoms with Crippen molar-refractivity contribution in [1.82, 2.24) is 0 Å². The van der Waals surface area contributed by atoms with Crippen LogP contribution in [0.15, 0.2) is 12.2 Å². The quantitative estimate of drug-likeness (QED) is 0.492. The van der Waals surface area contributed by atoms with Crippen LogP contribution in [0.5, 0.6) is 0 Å². The third-order valence-electron chi connectivity index (χ3n) is 10.7. The molecule has 4 rings (SSSR count). The number of allylic oxidation sites excluding steroid dienone is 1. The van der Waals surface area contributed by atoms with Crippen LogP contribution in [0.2, 0.25) is 0 Å². The molecule has 1 heteroatoms. The van der Waals surface area contributed by atoms with Gasteiger partial charge in [-0.1, -0.05) is 32.8 Å². The molecule has 4 aliphatic carbocycles. The van der Waals surface area contributed by atoms with Gasteiger partial charge in [0.2, 0.25) is 0 Å². The third-order valence-corrected chi connectivity index (χ3v) is 10.7. The molecule has 9 atom stereocenters. The van der Waals surface area contributed by atoms with Gasteiger partial charge in [0.1, 0.15) is 0 Å². The molecule has 4 fully saturated rings. The summed E-state index contributed by atoms with van der Waals surface area (Å²) in [6.07, 6.45) is 17.0. The van der Waals surface area contributed by atoms with Gasteiger partial charge >= 0.3 is 0 Å². The molecule has 0 aromatic rings. The summed E-state index contributed by atoms with van der Waals surface area (Å²) in [5.74, 6) is 5.80. The molecule has 0 aromatic heterocycles. The van der Waals surface area contributed by atoms with Crippen molar-refractivity contribution in [1.29, 1.82) is 0 Å². The Labute approximate surface area is 175 Å². The molecule has 2 N–H and O–H groups in total. The maximum absolute atomic E-state index is 6.38. The maximum atomic E-state index is 6.38. The summed E-state index contributed by atoms with van der Waals surface area (Å²) in [5.41, 5.74) is 8.97. The van der Waals surface area contributed by atoms with Gasteiger partial charge in [-0.3, -0.25) is 0 Å². The standard InChI is InChI=1S/C27H47N/c1-18(2)7-6-8-19(3)23-11-12-24-22-10-9-20-17-21(28)13-15-26(20,4)25(22)14-16-27(23,24)5/h19-25H,1,6-17,28H2,2-5H3/t19-,20?,21?,22+,23-,24+,25+,26+,27-/m1/s1. The van der Waals surface area contributed by atoms with Crippen molar-refractivity contribution in [3.63, 3.8) is 0 Å². The molecule has 0 heterocycles. The zero-order valence-electron chi connectivity index (χ0n) is 19.3. The van der Waals surface area contributed by atoms with E-state index in [2.05, 4.69) is 34.3 Å². The Bertz CT molecular complexity index is 581. The zero-order valence-corrected chi connectivity index (χ0v) is 19.3. The average Bonchev–Trinajstić information content (AvgIpc) is 2.99. The smallest absolute Gasteiger partial charge is 0.00418 e. The van der Waals surface area contributed by atoms with Crippen molar-refractivity contribution in [3.8, 4) is 0 Å². The Hall–Kier alpha value is -0.300. The molecule has 0 saturated heterocycles. The molecule has 0 aliphatic heterocycles. The Kier molecular flexibility index (Phi) is 5.80. The van der Waals surface area contributed by atoms with Crippen LogP contribution in [0.1, 0.15) is 105 Å². The van der Waals surface area contributed by atoms with Crippen molar-refractivity contribution in [2.75, 3.05) is 0 Å². The second kappa shape index (κ2) is 7.75. The molecule has 0 radical (unpaired) electrons. The van der Waals surface area contributed by atoms with E-state index in [9.17, 15) is 0 Å². The van der Waals surface area contributed by atoms with Crippen LogP contribution in [-0.2, 0) is 0 Å². The van der Waals surface area contributed by atoms with E-state index in [1.807, 2.05) is 0 Å². The van der Waals surface area contributed by atoms with E-state index in [1.165, 1.54) is 82.6 Å². The van der Waals surface area contributed by atoms with Gasteiger partial charge in [-0.05, 0) is 124 Å². The summed E-state index contributed by atoms with van der Waals surface area (Å²) in [7, 11) is 0. The summed E-state index contributed by atoms with van der Waals surface area (Å²) in [6.45, 7) is 14.3. The first-order valence-corrected chi connectivity index (χ1v) is 12.7. The largest absolute Gasteiger partial charge is 0.328 e. The molecular weight excluding hydrogens is 338 g/mol. The average molecular weight is 386 g/mol. The monoisotopic (exact) mass is 385 g/mol. The highest BCUT2D eigenvalue weighted by Gasteiger charge is 2.60. The summed E-state index contributed by atoms with van der Waals surface area (Å²) >= 11 is 0. The summed E-state index contributed by atoms with van der Waals surface area (Å²) in [6, 6.07) is 0.486. The van der Waals surface area contributed by atoms with Gasteiger partial charge in [0.25, 0.3) is 0 Å². The first-order valence-electron chi connectivity index (χ1n) is 12.7. The summed E-state index contributed by atoms with van der Waals surface area (Å²) < 4.78 is 0. The normalized spacial score (nSPS) is 49.0. The molecule has 0 spiro atoms. The molecule has 4 saturated carbocycles. The van der Waals surface area contributed by atoms with E-state index in [-0.39, 0.29) is 0 Å². The lowest BCUT2D eigenvalue weighted by Gasteiger charge is -2.61. The van der Waals surface area contributed by atoms with Crippen molar-refractivity contribution >= 4 is 0 Å². The Balaban J connectivity index is 1.47. The van der Waals surface area contributed by atoms with Gasteiger partial charge < -0.3 is 5.73 Å². The van der Waals surface area contributed by atoms with Gasteiger partial charge in [-0.25, -0.2) is 0 Å². The highest BCUT2D eigenvalue weighted by molar-refractivity contribution is 5.10. The number of hydrogen-bond donors (Lipinski definition) is 1. The topological polar surface area (TPSA) is 26.0 Å². The van der Waals surface area contributed by atoms with Crippen molar-refractivity contribution < 1.29 is 0 Å². The van der Waals surface area contributed by atoms with Gasteiger partial charge in [0.05, 0.1) is 0 Å². The van der Waals surface area contributed by atoms with Crippen LogP contribution in [0.25, 0.3) is 0 Å². The van der Waals surface area contributed by atoms with E-state index >= 15 is 0 Å². The number of rotatable bonds is 5. The zero-order chi connectivity index (χ0) is 20.1. The Morgan fingerprint density at radius 1 is 1.00 bits per heavy atom. The lowest BCUT2D eigenvalue weighted by molar-refractivity contribution is -0.116. The second-order valence-corrected chi connectivity index (χ2v) is 12.2. The number of fused-ring (bicyclic) bond motifs is 5. The van der Waals surface area contributed by atoms with E-state index in [0.29, 0.717) is 16.9 Å². The summed E-state index contributed by atoms with van der Waals surface area (Å²) in [5, 5.41) is 0. The predicted octanol–water partition coefficient (Wildman–Crippen LogP) is 7.36. The van der Waals surface area contributed by atoms with Crippen molar-refractivity contribution in [3.05, 3.63) is 12.2 Å². The fourth-order valence-corrected chi connectivity index (χ4v) is 9.19. The molecule has 0 bridgehead atoms. The fourth-order valence-electron chi connectivity index (χ4n) is 9.19. The minimum absolute atomic E-state index is 0.486. The fraction of sp³-hybridized carbons (Fsp3) is 0.926. The van der Waals surface area contributed by atoms with Crippen molar-refractivity contribution in [2.45, 2.75) is 111 Å². The Morgan fingerprint density at radius 3 is 2.46 bits per heavy atom. The number of hydrogen-bond acceptors (Lipinski definition) is 1. The SMILES string of the molecule is C=C(C)CCC[C@@H](C)[C@H]1CC[C@H]2[C@@H]3CCC4CC(N)CC[C@]4(C)[C@H]3CC[C@]12C. The van der Waals surface area contributed by atoms with E-state index < -0.39 is 0 Å². The lowest BCUT2D eigenvalue weighted by atomic mass is 9.44. The minimum atomic E-state index is 0.486. The highest BCUT2D eigenvalue weighted by atomic mass is 14.7. The van der Waals surface area contributed by atoms with E-state index in [0.717, 1.165) is 35.5 Å². The van der Waals surface area contributed by atoms with Crippen LogP contribution in [0.4, 0.5) is 0 Å². The summed E-state index contributed by atoms with van der Waals surface area (Å²) in [4.78, 5) is 0. The predicted molar refractivity (Wildman–Crippen MR) is 121 cm³/mol. The molecule has 0 aromatic carbocycles. The van der Waals surface area contributed by atoms with E-state index in [4.69, 9.17) is 5.73 Å². The Morgan fingerprint density at radius 2 is 1.71 bits per heavy atom. The van der Waals surface area contributed by atoms with Crippen LogP contribution in [0.3, 0.4) is 0 Å². The van der Waals surface area contributed by atoms with Crippen LogP contribution < -0.4 is 5.73 Å². The van der Waals surface area contributed by atoms with E-state index in [1.54, 1.807) is 0 Å². The first-order chi connectivity index (χ1) is 13.3. The van der Waals surface area contributed by atoms with Crippen LogP contribution >= 0.6 is 0 Å². The highest BCUT2D eigenvalue weighted by Crippen LogP contribution is 2.68. The van der Waals surface area contributed by atoms with Gasteiger partial charge in [-0.15, -0.1) is 6.58 Å². The second-order valence-electron chi connectivity index (χ2n) is 12.2. The molecule has 0 amide bonds. The maximum Gasteiger partial charge on any atom is 0.00418 e. The van der Waals surface area contributed by atoms with Gasteiger partial charge in [0.15, 0.2) is 0 Å². The minimum Gasteiger partial charge on any atom is -0.328 e. The molecule has 4 aliphatic rings. The van der Waals surface area contributed by atoms with Crippen LogP contribution in [-0.4, -0.2) is 6.04 Å². The molecule has 2 unspecified atom stereocenters. The van der Waals surface area contributed by atoms with Gasteiger partial charge in [0, 0.05) is 6.04 Å². The number of nitrogens with two attached hydrogens (primary N) is 1. The first kappa shape index (κ1) is 21.0. The third kappa shape index (κ3) is 3.42. The molecular formula is C27H47N.